The van der Waals surface area contributed by atoms with E-state index in [2.05, 4.69) is 10.8 Å². The molecule has 1 N–H and O–H groups in total. The Morgan fingerprint density at radius 3 is 2.15 bits per heavy atom. The lowest BCUT2D eigenvalue weighted by molar-refractivity contribution is 0.0979. The molecule has 2 fully saturated rings. The van der Waals surface area contributed by atoms with Crippen LogP contribution >= 0.6 is 0 Å². The maximum absolute atomic E-state index is 12.5. The molecule has 1 aliphatic carbocycles. The third-order valence-corrected chi connectivity index (χ3v) is 6.39. The van der Waals surface area contributed by atoms with E-state index in [0.717, 1.165) is 25.7 Å². The number of sulfonamides is 1. The molecule has 0 aromatic heterocycles. The van der Waals surface area contributed by atoms with Gasteiger partial charge in [0.1, 0.15) is 5.54 Å². The molecule has 0 radical (unpaired) electrons. The Balaban J connectivity index is 2.08. The zero-order chi connectivity index (χ0) is 14.5. The molecule has 0 spiro atoms. The molecule has 20 heavy (non-hydrogen) atoms. The van der Waals surface area contributed by atoms with Crippen LogP contribution in [0, 0.1) is 11.3 Å². The maximum Gasteiger partial charge on any atom is 0.216 e. The third kappa shape index (κ3) is 3.94. The highest BCUT2D eigenvalue weighted by Crippen LogP contribution is 2.28. The summed E-state index contributed by atoms with van der Waals surface area (Å²) in [5.74, 6) is 0. The van der Waals surface area contributed by atoms with Crippen molar-refractivity contribution in [3.05, 3.63) is 0 Å². The molecule has 1 heterocycles. The first-order valence-corrected chi connectivity index (χ1v) is 9.14. The second-order valence-electron chi connectivity index (χ2n) is 5.92. The fourth-order valence-corrected chi connectivity index (χ4v) is 4.86. The topological polar surface area (TPSA) is 79.2 Å². The lowest BCUT2D eigenvalue weighted by Crippen LogP contribution is -2.51. The van der Waals surface area contributed by atoms with E-state index in [9.17, 15) is 13.7 Å². The Labute approximate surface area is 121 Å². The second kappa shape index (κ2) is 6.88. The molecule has 0 unspecified atom stereocenters. The first-order chi connectivity index (χ1) is 9.58. The van der Waals surface area contributed by atoms with Crippen molar-refractivity contribution in [2.75, 3.05) is 13.2 Å². The van der Waals surface area contributed by atoms with E-state index in [1.807, 2.05) is 0 Å². The minimum atomic E-state index is -3.43. The van der Waals surface area contributed by atoms with Crippen LogP contribution in [0.5, 0.6) is 0 Å². The summed E-state index contributed by atoms with van der Waals surface area (Å²) < 4.78 is 33.0. The highest BCUT2D eigenvalue weighted by atomic mass is 32.2. The first-order valence-electron chi connectivity index (χ1n) is 7.60. The van der Waals surface area contributed by atoms with Gasteiger partial charge >= 0.3 is 0 Å². The molecular formula is C14H24N2O3S. The van der Waals surface area contributed by atoms with Gasteiger partial charge in [0.05, 0.1) is 11.3 Å². The van der Waals surface area contributed by atoms with Gasteiger partial charge in [-0.25, -0.2) is 8.42 Å². The van der Waals surface area contributed by atoms with Crippen molar-refractivity contribution < 1.29 is 13.2 Å². The van der Waals surface area contributed by atoms with Crippen LogP contribution in [0.25, 0.3) is 0 Å². The summed E-state index contributed by atoms with van der Waals surface area (Å²) in [6.45, 7) is 0.982. The number of rotatable bonds is 3. The monoisotopic (exact) mass is 300 g/mol. The molecule has 114 valence electrons. The van der Waals surface area contributed by atoms with E-state index < -0.39 is 20.8 Å². The molecule has 1 aliphatic heterocycles. The molecule has 1 saturated carbocycles. The average Bonchev–Trinajstić information content (AvgIpc) is 2.43. The summed E-state index contributed by atoms with van der Waals surface area (Å²) in [4.78, 5) is 0. The summed E-state index contributed by atoms with van der Waals surface area (Å²) >= 11 is 0. The molecule has 0 atom stereocenters. The van der Waals surface area contributed by atoms with Crippen LogP contribution in [0.15, 0.2) is 0 Å². The molecule has 6 heteroatoms. The zero-order valence-electron chi connectivity index (χ0n) is 11.9. The number of hydrogen-bond donors (Lipinski definition) is 1. The van der Waals surface area contributed by atoms with Crippen LogP contribution in [-0.4, -0.2) is 32.4 Å². The quantitative estimate of drug-likeness (QED) is 0.865. The third-order valence-electron chi connectivity index (χ3n) is 4.37. The van der Waals surface area contributed by atoms with Crippen molar-refractivity contribution in [2.24, 2.45) is 0 Å². The van der Waals surface area contributed by atoms with Crippen molar-refractivity contribution in [1.82, 2.24) is 4.72 Å². The Morgan fingerprint density at radius 2 is 1.60 bits per heavy atom. The number of hydrogen-bond acceptors (Lipinski definition) is 4. The van der Waals surface area contributed by atoms with Gasteiger partial charge in [-0.1, -0.05) is 32.1 Å². The van der Waals surface area contributed by atoms with Crippen LogP contribution in [0.2, 0.25) is 0 Å². The Bertz CT molecular complexity index is 442. The standard InChI is InChI=1S/C14H24N2O3S/c15-12-14(8-4-2-1-3-5-9-14)16-20(17,18)13-6-10-19-11-7-13/h13,16H,1-11H2. The Kier molecular flexibility index (Phi) is 5.42. The van der Waals surface area contributed by atoms with Gasteiger partial charge in [-0.3, -0.25) is 0 Å². The average molecular weight is 300 g/mol. The summed E-state index contributed by atoms with van der Waals surface area (Å²) in [6.07, 6.45) is 7.51. The molecule has 0 aromatic rings. The summed E-state index contributed by atoms with van der Waals surface area (Å²) in [5, 5.41) is 9.11. The fourth-order valence-electron chi connectivity index (χ4n) is 3.09. The second-order valence-corrected chi connectivity index (χ2v) is 7.88. The van der Waals surface area contributed by atoms with Gasteiger partial charge in [-0.05, 0) is 25.7 Å². The van der Waals surface area contributed by atoms with Crippen LogP contribution in [-0.2, 0) is 14.8 Å². The van der Waals surface area contributed by atoms with E-state index in [1.165, 1.54) is 6.42 Å². The molecule has 5 nitrogen and oxygen atoms in total. The minimum Gasteiger partial charge on any atom is -0.381 e. The normalized spacial score (nSPS) is 25.4. The summed E-state index contributed by atoms with van der Waals surface area (Å²) in [7, 11) is -3.43. The van der Waals surface area contributed by atoms with Gasteiger partial charge in [0, 0.05) is 13.2 Å². The van der Waals surface area contributed by atoms with E-state index >= 15 is 0 Å². The largest absolute Gasteiger partial charge is 0.381 e. The van der Waals surface area contributed by atoms with Crippen LogP contribution in [0.1, 0.15) is 57.8 Å². The predicted octanol–water partition coefficient (Wildman–Crippen LogP) is 2.09. The summed E-state index contributed by atoms with van der Waals surface area (Å²) in [6, 6.07) is 2.26. The SMILES string of the molecule is N#CC1(NS(=O)(=O)C2CCOCC2)CCCCCCC1. The van der Waals surface area contributed by atoms with E-state index in [0.29, 0.717) is 38.9 Å². The molecular weight excluding hydrogens is 276 g/mol. The van der Waals surface area contributed by atoms with E-state index in [1.54, 1.807) is 0 Å². The minimum absolute atomic E-state index is 0.410. The highest BCUT2D eigenvalue weighted by Gasteiger charge is 2.38. The van der Waals surface area contributed by atoms with Crippen molar-refractivity contribution in [1.29, 1.82) is 5.26 Å². The highest BCUT2D eigenvalue weighted by molar-refractivity contribution is 7.90. The molecule has 0 bridgehead atoms. The first kappa shape index (κ1) is 15.7. The number of nitrogens with one attached hydrogen (secondary N) is 1. The molecule has 2 aliphatic rings. The van der Waals surface area contributed by atoms with Gasteiger partial charge in [0.2, 0.25) is 10.0 Å². The fraction of sp³-hybridized carbons (Fsp3) is 0.929. The van der Waals surface area contributed by atoms with Crippen LogP contribution in [0.4, 0.5) is 0 Å². The smallest absolute Gasteiger partial charge is 0.216 e. The van der Waals surface area contributed by atoms with E-state index in [-0.39, 0.29) is 0 Å². The van der Waals surface area contributed by atoms with Crippen molar-refractivity contribution >= 4 is 10.0 Å². The predicted molar refractivity (Wildman–Crippen MR) is 76.6 cm³/mol. The molecule has 0 aromatic carbocycles. The zero-order valence-corrected chi connectivity index (χ0v) is 12.8. The van der Waals surface area contributed by atoms with Crippen LogP contribution < -0.4 is 4.72 Å². The number of nitriles is 1. The van der Waals surface area contributed by atoms with Crippen molar-refractivity contribution in [3.8, 4) is 6.07 Å². The Morgan fingerprint density at radius 1 is 1.05 bits per heavy atom. The lowest BCUT2D eigenvalue weighted by Gasteiger charge is -2.32. The lowest BCUT2D eigenvalue weighted by atomic mass is 9.86. The van der Waals surface area contributed by atoms with Crippen molar-refractivity contribution in [3.63, 3.8) is 0 Å². The van der Waals surface area contributed by atoms with Crippen LogP contribution in [0.3, 0.4) is 0 Å². The van der Waals surface area contributed by atoms with E-state index in [4.69, 9.17) is 4.74 Å². The van der Waals surface area contributed by atoms with Gasteiger partial charge < -0.3 is 4.74 Å². The van der Waals surface area contributed by atoms with Gasteiger partial charge in [0.25, 0.3) is 0 Å². The number of ether oxygens (including phenoxy) is 1. The van der Waals surface area contributed by atoms with Crippen molar-refractivity contribution in [2.45, 2.75) is 68.6 Å². The molecule has 2 rings (SSSR count). The Hall–Kier alpha value is -0.640. The summed E-state index contributed by atoms with van der Waals surface area (Å²) in [5.41, 5.74) is -0.891. The maximum atomic E-state index is 12.5. The molecule has 1 saturated heterocycles. The van der Waals surface area contributed by atoms with Gasteiger partial charge in [0.15, 0.2) is 0 Å². The molecule has 0 amide bonds. The van der Waals surface area contributed by atoms with Gasteiger partial charge in [-0.15, -0.1) is 0 Å². The van der Waals surface area contributed by atoms with Gasteiger partial charge in [-0.2, -0.15) is 9.98 Å². The number of nitrogens with zero attached hydrogens (tertiary/aromatic N) is 1.